The molecule has 2 N–H and O–H groups in total. The zero-order valence-corrected chi connectivity index (χ0v) is 21.3. The molecule has 9 nitrogen and oxygen atoms in total. The Morgan fingerprint density at radius 3 is 2.46 bits per heavy atom. The molecule has 0 radical (unpaired) electrons. The zero-order valence-electron chi connectivity index (χ0n) is 21.3. The van der Waals surface area contributed by atoms with E-state index in [2.05, 4.69) is 21.7 Å². The topological polar surface area (TPSA) is 100 Å². The Bertz CT molecular complexity index is 1260. The van der Waals surface area contributed by atoms with Gasteiger partial charge in [-0.25, -0.2) is 0 Å². The molecule has 1 spiro atoms. The standard InChI is InChI=1S/C28H31N3O6/c1-33-24-10-18(11-25(34-2)27(24)35-3)12-26(32)31-22-14-20(15-30-16-22)19-4-5-23-21(13-19)17-36-28(37-23)6-8-29-9-7-28/h4-5,10-11,13-16,29H,6-9,12,17H2,1-3H3,(H,31,32). The lowest BCUT2D eigenvalue weighted by atomic mass is 10.0. The summed E-state index contributed by atoms with van der Waals surface area (Å²) >= 11 is 0. The van der Waals surface area contributed by atoms with Gasteiger partial charge in [0.05, 0.1) is 46.2 Å². The summed E-state index contributed by atoms with van der Waals surface area (Å²) < 4.78 is 28.5. The monoisotopic (exact) mass is 505 g/mol. The quantitative estimate of drug-likeness (QED) is 0.498. The molecule has 3 aromatic rings. The number of anilines is 1. The first-order chi connectivity index (χ1) is 18.0. The van der Waals surface area contributed by atoms with Crippen LogP contribution in [0.4, 0.5) is 5.69 Å². The van der Waals surface area contributed by atoms with E-state index in [1.807, 2.05) is 18.2 Å². The average molecular weight is 506 g/mol. The number of piperidine rings is 1. The van der Waals surface area contributed by atoms with Crippen molar-refractivity contribution in [2.24, 2.45) is 0 Å². The molecule has 5 rings (SSSR count). The third-order valence-electron chi connectivity index (χ3n) is 6.66. The fourth-order valence-electron chi connectivity index (χ4n) is 4.76. The lowest BCUT2D eigenvalue weighted by molar-refractivity contribution is -0.218. The molecule has 1 fully saturated rings. The van der Waals surface area contributed by atoms with Crippen LogP contribution < -0.4 is 29.6 Å². The second-order valence-corrected chi connectivity index (χ2v) is 9.09. The maximum absolute atomic E-state index is 12.8. The van der Waals surface area contributed by atoms with Crippen molar-refractivity contribution >= 4 is 11.6 Å². The molecule has 0 aliphatic carbocycles. The lowest BCUT2D eigenvalue weighted by Gasteiger charge is -2.41. The van der Waals surface area contributed by atoms with Crippen LogP contribution in [0.2, 0.25) is 0 Å². The number of hydrogen-bond donors (Lipinski definition) is 2. The van der Waals surface area contributed by atoms with Crippen molar-refractivity contribution < 1.29 is 28.5 Å². The van der Waals surface area contributed by atoms with E-state index in [1.165, 1.54) is 0 Å². The summed E-state index contributed by atoms with van der Waals surface area (Å²) in [7, 11) is 4.63. The van der Waals surface area contributed by atoms with E-state index in [9.17, 15) is 4.79 Å². The van der Waals surface area contributed by atoms with Crippen molar-refractivity contribution in [2.75, 3.05) is 39.7 Å². The first kappa shape index (κ1) is 24.9. The smallest absolute Gasteiger partial charge is 0.228 e. The first-order valence-corrected chi connectivity index (χ1v) is 12.2. The fourth-order valence-corrected chi connectivity index (χ4v) is 4.76. The summed E-state index contributed by atoms with van der Waals surface area (Å²) in [6.07, 6.45) is 5.19. The van der Waals surface area contributed by atoms with Crippen LogP contribution >= 0.6 is 0 Å². The minimum absolute atomic E-state index is 0.131. The highest BCUT2D eigenvalue weighted by atomic mass is 16.7. The molecular formula is C28H31N3O6. The van der Waals surface area contributed by atoms with Crippen LogP contribution in [-0.2, 0) is 22.6 Å². The Morgan fingerprint density at radius 2 is 1.76 bits per heavy atom. The number of methoxy groups -OCH3 is 3. The Balaban J connectivity index is 1.29. The maximum Gasteiger partial charge on any atom is 0.228 e. The Kier molecular flexibility index (Phi) is 7.16. The number of carbonyl (C=O) groups is 1. The summed E-state index contributed by atoms with van der Waals surface area (Å²) in [5, 5.41) is 6.28. The van der Waals surface area contributed by atoms with Gasteiger partial charge in [-0.3, -0.25) is 9.78 Å². The molecular weight excluding hydrogens is 474 g/mol. The van der Waals surface area contributed by atoms with Crippen molar-refractivity contribution in [3.63, 3.8) is 0 Å². The van der Waals surface area contributed by atoms with E-state index < -0.39 is 5.79 Å². The molecule has 1 aromatic heterocycles. The minimum atomic E-state index is -0.524. The van der Waals surface area contributed by atoms with E-state index >= 15 is 0 Å². The Hall–Kier alpha value is -3.82. The minimum Gasteiger partial charge on any atom is -0.493 e. The molecule has 2 aliphatic heterocycles. The molecule has 0 saturated carbocycles. The predicted molar refractivity (Wildman–Crippen MR) is 138 cm³/mol. The van der Waals surface area contributed by atoms with Gasteiger partial charge in [-0.1, -0.05) is 6.07 Å². The number of aromatic nitrogens is 1. The van der Waals surface area contributed by atoms with Gasteiger partial charge in [0.15, 0.2) is 11.5 Å². The van der Waals surface area contributed by atoms with Crippen LogP contribution in [-0.4, -0.2) is 51.1 Å². The summed E-state index contributed by atoms with van der Waals surface area (Å²) in [5.74, 6) is 1.63. The normalized spacial score (nSPS) is 15.9. The van der Waals surface area contributed by atoms with E-state index in [-0.39, 0.29) is 12.3 Å². The van der Waals surface area contributed by atoms with Gasteiger partial charge in [0.2, 0.25) is 17.4 Å². The van der Waals surface area contributed by atoms with Gasteiger partial charge in [0.25, 0.3) is 0 Å². The molecule has 1 amide bonds. The van der Waals surface area contributed by atoms with Crippen molar-refractivity contribution in [1.29, 1.82) is 0 Å². The highest BCUT2D eigenvalue weighted by molar-refractivity contribution is 5.93. The molecule has 37 heavy (non-hydrogen) atoms. The number of carbonyl (C=O) groups excluding carboxylic acids is 1. The van der Waals surface area contributed by atoms with E-state index in [4.69, 9.17) is 23.7 Å². The van der Waals surface area contributed by atoms with Crippen molar-refractivity contribution in [1.82, 2.24) is 10.3 Å². The Morgan fingerprint density at radius 1 is 1.00 bits per heavy atom. The number of amides is 1. The van der Waals surface area contributed by atoms with Gasteiger partial charge in [0, 0.05) is 43.3 Å². The molecule has 0 atom stereocenters. The largest absolute Gasteiger partial charge is 0.493 e. The van der Waals surface area contributed by atoms with Gasteiger partial charge in [0.1, 0.15) is 5.75 Å². The van der Waals surface area contributed by atoms with E-state index in [1.54, 1.807) is 45.9 Å². The predicted octanol–water partition coefficient (Wildman–Crippen LogP) is 3.94. The number of hydrogen-bond acceptors (Lipinski definition) is 8. The van der Waals surface area contributed by atoms with Crippen LogP contribution in [0.1, 0.15) is 24.0 Å². The fraction of sp³-hybridized carbons (Fsp3) is 0.357. The average Bonchev–Trinajstić information content (AvgIpc) is 2.92. The SMILES string of the molecule is COc1cc(CC(=O)Nc2cncc(-c3ccc4c(c3)COC3(CCNCC3)O4)c2)cc(OC)c1OC. The van der Waals surface area contributed by atoms with Crippen LogP contribution in [0.15, 0.2) is 48.8 Å². The van der Waals surface area contributed by atoms with Crippen LogP contribution in [0.3, 0.4) is 0 Å². The van der Waals surface area contributed by atoms with Gasteiger partial charge in [-0.15, -0.1) is 0 Å². The first-order valence-electron chi connectivity index (χ1n) is 12.2. The van der Waals surface area contributed by atoms with Crippen LogP contribution in [0.25, 0.3) is 11.1 Å². The molecule has 0 unspecified atom stereocenters. The summed E-state index contributed by atoms with van der Waals surface area (Å²) in [6, 6.07) is 11.5. The number of fused-ring (bicyclic) bond motifs is 1. The van der Waals surface area contributed by atoms with Gasteiger partial charge in [-0.05, 0) is 41.5 Å². The number of nitrogens with zero attached hydrogens (tertiary/aromatic N) is 1. The molecule has 9 heteroatoms. The molecule has 3 heterocycles. The van der Waals surface area contributed by atoms with E-state index in [0.717, 1.165) is 53.9 Å². The molecule has 2 aromatic carbocycles. The van der Waals surface area contributed by atoms with Crippen molar-refractivity contribution in [3.8, 4) is 34.1 Å². The third kappa shape index (κ3) is 5.33. The third-order valence-corrected chi connectivity index (χ3v) is 6.66. The molecule has 194 valence electrons. The number of ether oxygens (including phenoxy) is 5. The highest BCUT2D eigenvalue weighted by Gasteiger charge is 2.38. The maximum atomic E-state index is 12.8. The zero-order chi connectivity index (χ0) is 25.8. The Labute approximate surface area is 216 Å². The second-order valence-electron chi connectivity index (χ2n) is 9.09. The molecule has 1 saturated heterocycles. The number of nitrogens with one attached hydrogen (secondary N) is 2. The van der Waals surface area contributed by atoms with Gasteiger partial charge < -0.3 is 34.3 Å². The van der Waals surface area contributed by atoms with Gasteiger partial charge >= 0.3 is 0 Å². The number of benzene rings is 2. The second kappa shape index (κ2) is 10.7. The number of pyridine rings is 1. The summed E-state index contributed by atoms with van der Waals surface area (Å²) in [5.41, 5.74) is 4.20. The lowest BCUT2D eigenvalue weighted by Crippen LogP contribution is -2.49. The molecule has 0 bridgehead atoms. The van der Waals surface area contributed by atoms with Crippen LogP contribution in [0.5, 0.6) is 23.0 Å². The highest BCUT2D eigenvalue weighted by Crippen LogP contribution is 2.39. The molecule has 2 aliphatic rings. The van der Waals surface area contributed by atoms with Crippen molar-refractivity contribution in [3.05, 3.63) is 59.9 Å². The van der Waals surface area contributed by atoms with Crippen LogP contribution in [0, 0.1) is 0 Å². The number of rotatable bonds is 7. The van der Waals surface area contributed by atoms with Crippen molar-refractivity contribution in [2.45, 2.75) is 31.7 Å². The van der Waals surface area contributed by atoms with E-state index in [0.29, 0.717) is 29.5 Å². The summed E-state index contributed by atoms with van der Waals surface area (Å²) in [4.78, 5) is 17.2. The summed E-state index contributed by atoms with van der Waals surface area (Å²) in [6.45, 7) is 2.27. The van der Waals surface area contributed by atoms with Gasteiger partial charge in [-0.2, -0.15) is 0 Å².